The largest absolute Gasteiger partial charge is 0.458 e. The standard InChI is InChI=1S/C20H33F3O4/c1-14(2)11-18(6,17(3,4)5)16(25)27-19(9-7-8-10-19)12-15(24)26-13-20(21,22)23/h14H,7-13H2,1-6H3. The molecule has 1 unspecified atom stereocenters. The van der Waals surface area contributed by atoms with Crippen LogP contribution in [0.3, 0.4) is 0 Å². The Morgan fingerprint density at radius 1 is 1.04 bits per heavy atom. The highest BCUT2D eigenvalue weighted by atomic mass is 19.4. The van der Waals surface area contributed by atoms with E-state index >= 15 is 0 Å². The molecule has 0 spiro atoms. The van der Waals surface area contributed by atoms with Crippen molar-refractivity contribution in [1.29, 1.82) is 0 Å². The van der Waals surface area contributed by atoms with Gasteiger partial charge in [-0.3, -0.25) is 9.59 Å². The predicted octanol–water partition coefficient (Wildman–Crippen LogP) is 5.44. The first-order chi connectivity index (χ1) is 12.1. The van der Waals surface area contributed by atoms with Gasteiger partial charge in [-0.1, -0.05) is 34.6 Å². The van der Waals surface area contributed by atoms with Crippen LogP contribution in [0.1, 0.15) is 80.1 Å². The van der Waals surface area contributed by atoms with E-state index in [-0.39, 0.29) is 17.8 Å². The SMILES string of the molecule is CC(C)CC(C)(C(=O)OC1(CC(=O)OCC(F)(F)F)CCCC1)C(C)(C)C. The Morgan fingerprint density at radius 2 is 1.56 bits per heavy atom. The zero-order valence-electron chi connectivity index (χ0n) is 17.3. The molecule has 4 nitrogen and oxygen atoms in total. The molecule has 1 rings (SSSR count). The highest BCUT2D eigenvalue weighted by molar-refractivity contribution is 5.79. The van der Waals surface area contributed by atoms with Gasteiger partial charge < -0.3 is 9.47 Å². The van der Waals surface area contributed by atoms with Crippen molar-refractivity contribution in [2.75, 3.05) is 6.61 Å². The first-order valence-electron chi connectivity index (χ1n) is 9.56. The van der Waals surface area contributed by atoms with Crippen LogP contribution in [0.25, 0.3) is 0 Å². The normalized spacial score (nSPS) is 19.6. The molecule has 0 amide bonds. The average molecular weight is 394 g/mol. The molecule has 0 aromatic heterocycles. The van der Waals surface area contributed by atoms with E-state index < -0.39 is 35.7 Å². The average Bonchev–Trinajstić information content (AvgIpc) is 2.90. The van der Waals surface area contributed by atoms with Gasteiger partial charge in [0.25, 0.3) is 0 Å². The number of ether oxygens (including phenoxy) is 2. The number of hydrogen-bond donors (Lipinski definition) is 0. The summed E-state index contributed by atoms with van der Waals surface area (Å²) in [6.07, 6.45) is -1.85. The van der Waals surface area contributed by atoms with Gasteiger partial charge in [0.2, 0.25) is 0 Å². The second-order valence-corrected chi connectivity index (χ2v) is 9.41. The van der Waals surface area contributed by atoms with Crippen LogP contribution in [0.4, 0.5) is 13.2 Å². The summed E-state index contributed by atoms with van der Waals surface area (Å²) < 4.78 is 47.1. The molecule has 7 heteroatoms. The molecule has 0 bridgehead atoms. The van der Waals surface area contributed by atoms with Gasteiger partial charge in [-0.2, -0.15) is 13.2 Å². The Hall–Kier alpha value is -1.27. The lowest BCUT2D eigenvalue weighted by molar-refractivity contribution is -0.195. The molecule has 0 aromatic rings. The van der Waals surface area contributed by atoms with E-state index in [1.165, 1.54) is 0 Å². The Morgan fingerprint density at radius 3 is 1.96 bits per heavy atom. The quantitative estimate of drug-likeness (QED) is 0.540. The summed E-state index contributed by atoms with van der Waals surface area (Å²) in [6.45, 7) is 10.2. The molecular weight excluding hydrogens is 361 g/mol. The fraction of sp³-hybridized carbons (Fsp3) is 0.900. The van der Waals surface area contributed by atoms with Crippen LogP contribution in [0.15, 0.2) is 0 Å². The van der Waals surface area contributed by atoms with Gasteiger partial charge in [0, 0.05) is 0 Å². The topological polar surface area (TPSA) is 52.6 Å². The smallest absolute Gasteiger partial charge is 0.422 e. The molecule has 0 heterocycles. The van der Waals surface area contributed by atoms with Gasteiger partial charge in [0.1, 0.15) is 5.60 Å². The minimum atomic E-state index is -4.57. The third-order valence-corrected chi connectivity index (χ3v) is 5.61. The van der Waals surface area contributed by atoms with Crippen LogP contribution in [0.2, 0.25) is 0 Å². The van der Waals surface area contributed by atoms with Crippen LogP contribution in [0, 0.1) is 16.7 Å². The maximum atomic E-state index is 13.2. The van der Waals surface area contributed by atoms with Gasteiger partial charge in [-0.15, -0.1) is 0 Å². The monoisotopic (exact) mass is 394 g/mol. The highest BCUT2D eigenvalue weighted by Gasteiger charge is 2.50. The van der Waals surface area contributed by atoms with Crippen molar-refractivity contribution in [3.05, 3.63) is 0 Å². The zero-order chi connectivity index (χ0) is 21.1. The van der Waals surface area contributed by atoms with Gasteiger partial charge in [0.05, 0.1) is 11.8 Å². The Bertz CT molecular complexity index is 528. The fourth-order valence-electron chi connectivity index (χ4n) is 3.63. The molecule has 0 saturated heterocycles. The van der Waals surface area contributed by atoms with Crippen molar-refractivity contribution in [3.8, 4) is 0 Å². The lowest BCUT2D eigenvalue weighted by atomic mass is 9.64. The Balaban J connectivity index is 2.94. The first kappa shape index (κ1) is 23.8. The van der Waals surface area contributed by atoms with Crippen molar-refractivity contribution in [2.24, 2.45) is 16.7 Å². The van der Waals surface area contributed by atoms with E-state index in [1.54, 1.807) is 0 Å². The number of halogens is 3. The van der Waals surface area contributed by atoms with Gasteiger partial charge in [-0.25, -0.2) is 0 Å². The van der Waals surface area contributed by atoms with Crippen molar-refractivity contribution in [1.82, 2.24) is 0 Å². The third kappa shape index (κ3) is 6.68. The molecular formula is C20H33F3O4. The summed E-state index contributed by atoms with van der Waals surface area (Å²) in [7, 11) is 0. The van der Waals surface area contributed by atoms with E-state index in [1.807, 2.05) is 41.5 Å². The van der Waals surface area contributed by atoms with Crippen LogP contribution >= 0.6 is 0 Å². The summed E-state index contributed by atoms with van der Waals surface area (Å²) in [5.41, 5.74) is -2.21. The number of alkyl halides is 3. The number of rotatable bonds is 7. The van der Waals surface area contributed by atoms with Gasteiger partial charge in [-0.05, 0) is 50.4 Å². The van der Waals surface area contributed by atoms with E-state index in [0.717, 1.165) is 12.8 Å². The number of esters is 2. The summed E-state index contributed by atoms with van der Waals surface area (Å²) in [6, 6.07) is 0. The summed E-state index contributed by atoms with van der Waals surface area (Å²) in [4.78, 5) is 25.1. The summed E-state index contributed by atoms with van der Waals surface area (Å²) >= 11 is 0. The molecule has 0 N–H and O–H groups in total. The molecule has 1 aliphatic carbocycles. The molecule has 1 aliphatic rings. The van der Waals surface area contributed by atoms with E-state index in [4.69, 9.17) is 4.74 Å². The predicted molar refractivity (Wildman–Crippen MR) is 95.9 cm³/mol. The van der Waals surface area contributed by atoms with Crippen LogP contribution in [-0.4, -0.2) is 30.3 Å². The van der Waals surface area contributed by atoms with Crippen molar-refractivity contribution >= 4 is 11.9 Å². The number of carbonyl (C=O) groups excluding carboxylic acids is 2. The second-order valence-electron chi connectivity index (χ2n) is 9.41. The maximum absolute atomic E-state index is 13.2. The van der Waals surface area contributed by atoms with E-state index in [2.05, 4.69) is 4.74 Å². The maximum Gasteiger partial charge on any atom is 0.422 e. The van der Waals surface area contributed by atoms with E-state index in [9.17, 15) is 22.8 Å². The van der Waals surface area contributed by atoms with Crippen molar-refractivity contribution in [2.45, 2.75) is 91.8 Å². The Labute approximate surface area is 160 Å². The third-order valence-electron chi connectivity index (χ3n) is 5.61. The molecule has 27 heavy (non-hydrogen) atoms. The van der Waals surface area contributed by atoms with Crippen molar-refractivity contribution in [3.63, 3.8) is 0 Å². The lowest BCUT2D eigenvalue weighted by Crippen LogP contribution is -2.47. The fourth-order valence-corrected chi connectivity index (χ4v) is 3.63. The molecule has 0 aliphatic heterocycles. The molecule has 158 valence electrons. The van der Waals surface area contributed by atoms with Crippen LogP contribution < -0.4 is 0 Å². The minimum absolute atomic E-state index is 0.262. The molecule has 1 atom stereocenters. The second kappa shape index (κ2) is 8.39. The number of hydrogen-bond acceptors (Lipinski definition) is 4. The minimum Gasteiger partial charge on any atom is -0.458 e. The lowest BCUT2D eigenvalue weighted by Gasteiger charge is -2.43. The van der Waals surface area contributed by atoms with Crippen LogP contribution in [-0.2, 0) is 19.1 Å². The highest BCUT2D eigenvalue weighted by Crippen LogP contribution is 2.47. The first-order valence-corrected chi connectivity index (χ1v) is 9.56. The van der Waals surface area contributed by atoms with Gasteiger partial charge in [0.15, 0.2) is 6.61 Å². The molecule has 0 aromatic carbocycles. The summed E-state index contributed by atoms with van der Waals surface area (Å²) in [5.74, 6) is -1.12. The van der Waals surface area contributed by atoms with Crippen LogP contribution in [0.5, 0.6) is 0 Å². The van der Waals surface area contributed by atoms with Gasteiger partial charge >= 0.3 is 18.1 Å². The summed E-state index contributed by atoms with van der Waals surface area (Å²) in [5, 5.41) is 0. The Kier molecular flexibility index (Phi) is 7.39. The van der Waals surface area contributed by atoms with E-state index in [0.29, 0.717) is 19.3 Å². The molecule has 1 fully saturated rings. The zero-order valence-corrected chi connectivity index (χ0v) is 17.3. The molecule has 0 radical (unpaired) electrons. The van der Waals surface area contributed by atoms with Crippen molar-refractivity contribution < 1.29 is 32.2 Å². The number of carbonyl (C=O) groups is 2. The molecule has 1 saturated carbocycles.